The zero-order valence-electron chi connectivity index (χ0n) is 10.7. The van der Waals surface area contributed by atoms with Crippen LogP contribution >= 0.6 is 0 Å². The largest absolute Gasteiger partial charge is 0.383 e. The van der Waals surface area contributed by atoms with Crippen LogP contribution in [-0.2, 0) is 4.74 Å². The molecule has 2 aromatic rings. The van der Waals surface area contributed by atoms with Gasteiger partial charge in [0, 0.05) is 29.9 Å². The van der Waals surface area contributed by atoms with Crippen molar-refractivity contribution < 1.29 is 4.74 Å². The summed E-state index contributed by atoms with van der Waals surface area (Å²) in [6.45, 7) is 5.12. The number of hydrogen-bond donors (Lipinski definition) is 2. The summed E-state index contributed by atoms with van der Waals surface area (Å²) in [5, 5.41) is 4.75. The second-order valence-electron chi connectivity index (χ2n) is 4.73. The zero-order chi connectivity index (χ0) is 12.3. The monoisotopic (exact) mass is 232 g/mol. The van der Waals surface area contributed by atoms with E-state index in [-0.39, 0.29) is 0 Å². The van der Waals surface area contributed by atoms with Gasteiger partial charge in [-0.3, -0.25) is 0 Å². The SMILES string of the molecule is COCC(Nc1ccc2[nH]ccc2c1)C(C)C. The first-order valence-electron chi connectivity index (χ1n) is 6.03. The molecule has 1 unspecified atom stereocenters. The van der Waals surface area contributed by atoms with Crippen molar-refractivity contribution in [2.75, 3.05) is 19.0 Å². The molecule has 0 radical (unpaired) electrons. The number of hydrogen-bond acceptors (Lipinski definition) is 2. The van der Waals surface area contributed by atoms with E-state index in [1.807, 2.05) is 6.20 Å². The highest BCUT2D eigenvalue weighted by Crippen LogP contribution is 2.19. The van der Waals surface area contributed by atoms with Gasteiger partial charge in [-0.2, -0.15) is 0 Å². The molecule has 0 saturated carbocycles. The van der Waals surface area contributed by atoms with Crippen molar-refractivity contribution in [2.45, 2.75) is 19.9 Å². The molecule has 0 aliphatic heterocycles. The summed E-state index contributed by atoms with van der Waals surface area (Å²) in [6.07, 6.45) is 1.96. The molecule has 1 heterocycles. The molecular formula is C14H20N2O. The van der Waals surface area contributed by atoms with Gasteiger partial charge in [0.05, 0.1) is 12.6 Å². The first kappa shape index (κ1) is 12.0. The van der Waals surface area contributed by atoms with Gasteiger partial charge in [-0.15, -0.1) is 0 Å². The molecule has 3 heteroatoms. The number of aromatic amines is 1. The van der Waals surface area contributed by atoms with Crippen LogP contribution in [0.5, 0.6) is 0 Å². The van der Waals surface area contributed by atoms with Gasteiger partial charge in [-0.25, -0.2) is 0 Å². The summed E-state index contributed by atoms with van der Waals surface area (Å²) in [6, 6.07) is 8.79. The first-order chi connectivity index (χ1) is 8.20. The van der Waals surface area contributed by atoms with Gasteiger partial charge >= 0.3 is 0 Å². The molecular weight excluding hydrogens is 212 g/mol. The molecule has 0 fully saturated rings. The Kier molecular flexibility index (Phi) is 3.69. The van der Waals surface area contributed by atoms with Crippen LogP contribution in [0.2, 0.25) is 0 Å². The minimum atomic E-state index is 0.344. The highest BCUT2D eigenvalue weighted by molar-refractivity contribution is 5.83. The van der Waals surface area contributed by atoms with Crippen LogP contribution in [0.1, 0.15) is 13.8 Å². The number of fused-ring (bicyclic) bond motifs is 1. The van der Waals surface area contributed by atoms with Gasteiger partial charge in [0.1, 0.15) is 0 Å². The van der Waals surface area contributed by atoms with E-state index in [1.54, 1.807) is 7.11 Å². The molecule has 2 N–H and O–H groups in total. The smallest absolute Gasteiger partial charge is 0.0666 e. The van der Waals surface area contributed by atoms with Crippen LogP contribution in [0.15, 0.2) is 30.5 Å². The van der Waals surface area contributed by atoms with E-state index in [4.69, 9.17) is 4.74 Å². The van der Waals surface area contributed by atoms with Gasteiger partial charge in [-0.1, -0.05) is 13.8 Å². The van der Waals surface area contributed by atoms with Gasteiger partial charge in [0.15, 0.2) is 0 Å². The van der Waals surface area contributed by atoms with Crippen molar-refractivity contribution in [2.24, 2.45) is 5.92 Å². The molecule has 1 atom stereocenters. The van der Waals surface area contributed by atoms with Gasteiger partial charge in [-0.05, 0) is 30.2 Å². The molecule has 0 saturated heterocycles. The van der Waals surface area contributed by atoms with Crippen LogP contribution < -0.4 is 5.32 Å². The number of aromatic nitrogens is 1. The summed E-state index contributed by atoms with van der Waals surface area (Å²) in [5.74, 6) is 0.539. The summed E-state index contributed by atoms with van der Waals surface area (Å²) in [5.41, 5.74) is 2.32. The second-order valence-corrected chi connectivity index (χ2v) is 4.73. The van der Waals surface area contributed by atoms with E-state index in [0.29, 0.717) is 12.0 Å². The van der Waals surface area contributed by atoms with E-state index in [2.05, 4.69) is 48.4 Å². The maximum absolute atomic E-state index is 5.24. The fourth-order valence-corrected chi connectivity index (χ4v) is 1.94. The van der Waals surface area contributed by atoms with Crippen LogP contribution in [0.4, 0.5) is 5.69 Å². The average molecular weight is 232 g/mol. The lowest BCUT2D eigenvalue weighted by molar-refractivity contribution is 0.171. The normalized spacial score (nSPS) is 13.2. The van der Waals surface area contributed by atoms with E-state index in [1.165, 1.54) is 10.9 Å². The predicted octanol–water partition coefficient (Wildman–Crippen LogP) is 3.25. The number of methoxy groups -OCH3 is 1. The minimum Gasteiger partial charge on any atom is -0.383 e. The summed E-state index contributed by atoms with van der Waals surface area (Å²) in [4.78, 5) is 3.20. The van der Waals surface area contributed by atoms with Crippen LogP contribution in [0.25, 0.3) is 10.9 Å². The number of benzene rings is 1. The van der Waals surface area contributed by atoms with E-state index >= 15 is 0 Å². The van der Waals surface area contributed by atoms with Gasteiger partial charge in [0.2, 0.25) is 0 Å². The molecule has 92 valence electrons. The maximum atomic E-state index is 5.24. The van der Waals surface area contributed by atoms with Crippen molar-refractivity contribution in [1.29, 1.82) is 0 Å². The first-order valence-corrected chi connectivity index (χ1v) is 6.03. The molecule has 0 aliphatic carbocycles. The third kappa shape index (κ3) is 2.80. The Morgan fingerprint density at radius 2 is 2.12 bits per heavy atom. The van der Waals surface area contributed by atoms with E-state index in [9.17, 15) is 0 Å². The molecule has 0 bridgehead atoms. The van der Waals surface area contributed by atoms with Gasteiger partial charge in [0.25, 0.3) is 0 Å². The molecule has 17 heavy (non-hydrogen) atoms. The lowest BCUT2D eigenvalue weighted by atomic mass is 10.0. The summed E-state index contributed by atoms with van der Waals surface area (Å²) in [7, 11) is 1.74. The highest BCUT2D eigenvalue weighted by Gasteiger charge is 2.12. The maximum Gasteiger partial charge on any atom is 0.0666 e. The third-order valence-corrected chi connectivity index (χ3v) is 3.06. The highest BCUT2D eigenvalue weighted by atomic mass is 16.5. The number of nitrogens with one attached hydrogen (secondary N) is 2. The van der Waals surface area contributed by atoms with Crippen LogP contribution in [0, 0.1) is 5.92 Å². The summed E-state index contributed by atoms with van der Waals surface area (Å²) < 4.78 is 5.24. The Hall–Kier alpha value is -1.48. The Bertz CT molecular complexity index is 476. The molecule has 0 amide bonds. The number of ether oxygens (including phenoxy) is 1. The standard InChI is InChI=1S/C14H20N2O/c1-10(2)14(9-17-3)16-12-4-5-13-11(8-12)6-7-15-13/h4-8,10,14-16H,9H2,1-3H3. The molecule has 0 spiro atoms. The Morgan fingerprint density at radius 1 is 1.29 bits per heavy atom. The predicted molar refractivity (Wildman–Crippen MR) is 72.4 cm³/mol. The number of rotatable bonds is 5. The third-order valence-electron chi connectivity index (χ3n) is 3.06. The Balaban J connectivity index is 2.15. The lowest BCUT2D eigenvalue weighted by Gasteiger charge is -2.22. The van der Waals surface area contributed by atoms with Crippen molar-refractivity contribution in [3.05, 3.63) is 30.5 Å². The molecule has 3 nitrogen and oxygen atoms in total. The van der Waals surface area contributed by atoms with Crippen LogP contribution in [0.3, 0.4) is 0 Å². The molecule has 1 aromatic heterocycles. The van der Waals surface area contributed by atoms with Gasteiger partial charge < -0.3 is 15.0 Å². The van der Waals surface area contributed by atoms with Crippen molar-refractivity contribution in [1.82, 2.24) is 4.98 Å². The topological polar surface area (TPSA) is 37.0 Å². The quantitative estimate of drug-likeness (QED) is 0.830. The van der Waals surface area contributed by atoms with Crippen molar-refractivity contribution >= 4 is 16.6 Å². The van der Waals surface area contributed by atoms with Crippen LogP contribution in [-0.4, -0.2) is 24.7 Å². The number of H-pyrrole nitrogens is 1. The lowest BCUT2D eigenvalue weighted by Crippen LogP contribution is -2.30. The molecule has 2 rings (SSSR count). The minimum absolute atomic E-state index is 0.344. The number of anilines is 1. The van der Waals surface area contributed by atoms with E-state index < -0.39 is 0 Å². The zero-order valence-corrected chi connectivity index (χ0v) is 10.7. The van der Waals surface area contributed by atoms with E-state index in [0.717, 1.165) is 12.3 Å². The Morgan fingerprint density at radius 3 is 2.82 bits per heavy atom. The average Bonchev–Trinajstić information content (AvgIpc) is 2.75. The van der Waals surface area contributed by atoms with Crippen molar-refractivity contribution in [3.63, 3.8) is 0 Å². The Labute approximate surface area is 102 Å². The molecule has 1 aromatic carbocycles. The molecule has 0 aliphatic rings. The summed E-state index contributed by atoms with van der Waals surface area (Å²) >= 11 is 0. The fraction of sp³-hybridized carbons (Fsp3) is 0.429. The fourth-order valence-electron chi connectivity index (χ4n) is 1.94. The second kappa shape index (κ2) is 5.23. The van der Waals surface area contributed by atoms with Crippen molar-refractivity contribution in [3.8, 4) is 0 Å².